The van der Waals surface area contributed by atoms with Crippen LogP contribution in [0.25, 0.3) is 10.9 Å². The van der Waals surface area contributed by atoms with Crippen LogP contribution in [0.4, 0.5) is 5.69 Å². The highest BCUT2D eigenvalue weighted by molar-refractivity contribution is 7.92. The SMILES string of the molecule is CS(=O)(=O)N1CCCc2cc(C(=O)COC(=O)c3ccc4[nH]c5c(c4c3)CCCC5)ccc21. The van der Waals surface area contributed by atoms with E-state index in [4.69, 9.17) is 4.74 Å². The molecule has 0 atom stereocenters. The second-order valence-electron chi connectivity index (χ2n) is 8.83. The van der Waals surface area contributed by atoms with Crippen molar-refractivity contribution in [3.63, 3.8) is 0 Å². The van der Waals surface area contributed by atoms with Crippen LogP contribution in [-0.2, 0) is 34.0 Å². The first kappa shape index (κ1) is 21.7. The molecule has 0 saturated carbocycles. The number of nitrogens with zero attached hydrogens (tertiary/aromatic N) is 1. The fourth-order valence-electron chi connectivity index (χ4n) is 4.91. The molecule has 5 rings (SSSR count). The van der Waals surface area contributed by atoms with Gasteiger partial charge in [0.2, 0.25) is 10.0 Å². The summed E-state index contributed by atoms with van der Waals surface area (Å²) < 4.78 is 30.7. The van der Waals surface area contributed by atoms with Crippen LogP contribution in [0.3, 0.4) is 0 Å². The Hall–Kier alpha value is -3.13. The number of H-pyrrole nitrogens is 1. The number of esters is 1. The lowest BCUT2D eigenvalue weighted by molar-refractivity contribution is 0.0475. The van der Waals surface area contributed by atoms with Crippen molar-refractivity contribution >= 4 is 38.4 Å². The zero-order chi connectivity index (χ0) is 23.2. The lowest BCUT2D eigenvalue weighted by Crippen LogP contribution is -2.34. The van der Waals surface area contributed by atoms with Crippen molar-refractivity contribution in [2.75, 3.05) is 23.7 Å². The largest absolute Gasteiger partial charge is 0.454 e. The van der Waals surface area contributed by atoms with E-state index < -0.39 is 16.0 Å². The van der Waals surface area contributed by atoms with Crippen LogP contribution in [0.2, 0.25) is 0 Å². The van der Waals surface area contributed by atoms with E-state index in [0.29, 0.717) is 36.2 Å². The van der Waals surface area contributed by atoms with Crippen molar-refractivity contribution < 1.29 is 22.7 Å². The van der Waals surface area contributed by atoms with E-state index in [1.54, 1.807) is 24.3 Å². The third-order valence-electron chi connectivity index (χ3n) is 6.55. The zero-order valence-corrected chi connectivity index (χ0v) is 19.3. The van der Waals surface area contributed by atoms with Gasteiger partial charge < -0.3 is 9.72 Å². The Morgan fingerprint density at radius 1 is 1.00 bits per heavy atom. The maximum atomic E-state index is 12.7. The predicted molar refractivity (Wildman–Crippen MR) is 127 cm³/mol. The Balaban J connectivity index is 1.30. The lowest BCUT2D eigenvalue weighted by Gasteiger charge is -2.29. The predicted octanol–water partition coefficient (Wildman–Crippen LogP) is 3.80. The first-order valence-corrected chi connectivity index (χ1v) is 13.1. The van der Waals surface area contributed by atoms with Crippen LogP contribution in [0.5, 0.6) is 0 Å². The number of rotatable bonds is 5. The average molecular weight is 467 g/mol. The van der Waals surface area contributed by atoms with E-state index in [2.05, 4.69) is 4.98 Å². The summed E-state index contributed by atoms with van der Waals surface area (Å²) in [5, 5.41) is 1.05. The number of ketones is 1. The number of fused-ring (bicyclic) bond motifs is 4. The normalized spacial score (nSPS) is 15.7. The molecule has 2 aromatic carbocycles. The molecular weight excluding hydrogens is 440 g/mol. The van der Waals surface area contributed by atoms with Crippen LogP contribution in [0.15, 0.2) is 36.4 Å². The van der Waals surface area contributed by atoms with Gasteiger partial charge in [0, 0.05) is 28.7 Å². The average Bonchev–Trinajstić information content (AvgIpc) is 3.19. The standard InChI is InChI=1S/C25H26N2O5S/c1-33(30,31)27-12-4-5-16-13-17(9-11-23(16)27)24(28)15-32-25(29)18-8-10-22-20(14-18)19-6-2-3-7-21(19)26-22/h8-11,13-14,26H,2-7,12,15H2,1H3. The van der Waals surface area contributed by atoms with Crippen molar-refractivity contribution in [1.82, 2.24) is 4.98 Å². The van der Waals surface area contributed by atoms with Crippen LogP contribution >= 0.6 is 0 Å². The fraction of sp³-hybridized carbons (Fsp3) is 0.360. The third-order valence-corrected chi connectivity index (χ3v) is 7.73. The van der Waals surface area contributed by atoms with Crippen LogP contribution in [0.1, 0.15) is 56.8 Å². The smallest absolute Gasteiger partial charge is 0.338 e. The quantitative estimate of drug-likeness (QED) is 0.456. The number of carbonyl (C=O) groups excluding carboxylic acids is 2. The number of ether oxygens (including phenoxy) is 1. The molecule has 0 fully saturated rings. The molecule has 0 saturated heterocycles. The molecule has 7 nitrogen and oxygen atoms in total. The van der Waals surface area contributed by atoms with Gasteiger partial charge in [-0.2, -0.15) is 0 Å². The molecule has 0 amide bonds. The Morgan fingerprint density at radius 3 is 2.61 bits per heavy atom. The summed E-state index contributed by atoms with van der Waals surface area (Å²) in [6.45, 7) is 0.0716. The molecule has 172 valence electrons. The molecule has 3 aromatic rings. The Morgan fingerprint density at radius 2 is 1.79 bits per heavy atom. The topological polar surface area (TPSA) is 96.5 Å². The van der Waals surface area contributed by atoms with Gasteiger partial charge in [-0.15, -0.1) is 0 Å². The van der Waals surface area contributed by atoms with Crippen molar-refractivity contribution in [2.24, 2.45) is 0 Å². The molecule has 2 heterocycles. The number of aromatic amines is 1. The summed E-state index contributed by atoms with van der Waals surface area (Å²) in [7, 11) is -3.37. The molecule has 1 aliphatic carbocycles. The van der Waals surface area contributed by atoms with Gasteiger partial charge in [0.25, 0.3) is 0 Å². The number of nitrogens with one attached hydrogen (secondary N) is 1. The number of aromatic nitrogens is 1. The Kier molecular flexibility index (Phi) is 5.48. The summed E-state index contributed by atoms with van der Waals surface area (Å²) in [5.41, 5.74) is 5.81. The van der Waals surface area contributed by atoms with E-state index in [0.717, 1.165) is 35.7 Å². The number of aryl methyl sites for hydroxylation is 3. The number of benzene rings is 2. The van der Waals surface area contributed by atoms with Crippen molar-refractivity contribution in [3.05, 3.63) is 64.3 Å². The molecule has 0 unspecified atom stereocenters. The van der Waals surface area contributed by atoms with Gasteiger partial charge in [-0.05, 0) is 86.1 Å². The minimum atomic E-state index is -3.37. The van der Waals surface area contributed by atoms with Gasteiger partial charge in [-0.1, -0.05) is 0 Å². The zero-order valence-electron chi connectivity index (χ0n) is 18.5. The van der Waals surface area contributed by atoms with E-state index in [-0.39, 0.29) is 12.4 Å². The number of sulfonamides is 1. The molecule has 1 N–H and O–H groups in total. The number of anilines is 1. The molecule has 0 radical (unpaired) electrons. The van der Waals surface area contributed by atoms with Crippen molar-refractivity contribution in [3.8, 4) is 0 Å². The molecule has 1 aliphatic heterocycles. The van der Waals surface area contributed by atoms with E-state index in [1.807, 2.05) is 12.1 Å². The fourth-order valence-corrected chi connectivity index (χ4v) is 5.91. The molecule has 0 bridgehead atoms. The van der Waals surface area contributed by atoms with E-state index in [1.165, 1.54) is 28.2 Å². The van der Waals surface area contributed by atoms with E-state index >= 15 is 0 Å². The van der Waals surface area contributed by atoms with Gasteiger partial charge in [0.15, 0.2) is 12.4 Å². The first-order valence-electron chi connectivity index (χ1n) is 11.3. The highest BCUT2D eigenvalue weighted by Gasteiger charge is 2.25. The number of Topliss-reactive ketones (excluding diaryl/α,β-unsaturated/α-hetero) is 1. The van der Waals surface area contributed by atoms with Crippen LogP contribution in [0, 0.1) is 0 Å². The summed E-state index contributed by atoms with van der Waals surface area (Å²) in [6, 6.07) is 10.4. The number of hydrogen-bond donors (Lipinski definition) is 1. The maximum Gasteiger partial charge on any atom is 0.338 e. The second kappa shape index (κ2) is 8.33. The molecule has 0 spiro atoms. The highest BCUT2D eigenvalue weighted by Crippen LogP contribution is 2.31. The lowest BCUT2D eigenvalue weighted by atomic mass is 9.95. The molecule has 2 aliphatic rings. The maximum absolute atomic E-state index is 12.7. The summed E-state index contributed by atoms with van der Waals surface area (Å²) in [6.07, 6.45) is 6.92. The van der Waals surface area contributed by atoms with Crippen LogP contribution < -0.4 is 4.31 Å². The number of hydrogen-bond acceptors (Lipinski definition) is 5. The molecule has 1 aromatic heterocycles. The molecule has 33 heavy (non-hydrogen) atoms. The van der Waals surface area contributed by atoms with Gasteiger partial charge >= 0.3 is 5.97 Å². The van der Waals surface area contributed by atoms with Gasteiger partial charge in [0.05, 0.1) is 17.5 Å². The van der Waals surface area contributed by atoms with Gasteiger partial charge in [-0.3, -0.25) is 9.10 Å². The van der Waals surface area contributed by atoms with Gasteiger partial charge in [-0.25, -0.2) is 13.2 Å². The first-order chi connectivity index (χ1) is 15.8. The Bertz CT molecular complexity index is 1370. The minimum absolute atomic E-state index is 0.317. The summed E-state index contributed by atoms with van der Waals surface area (Å²) in [4.78, 5) is 28.8. The van der Waals surface area contributed by atoms with Crippen molar-refractivity contribution in [1.29, 1.82) is 0 Å². The van der Waals surface area contributed by atoms with Crippen LogP contribution in [-0.4, -0.2) is 44.6 Å². The molecular formula is C25H26N2O5S. The van der Waals surface area contributed by atoms with Crippen molar-refractivity contribution in [2.45, 2.75) is 38.5 Å². The second-order valence-corrected chi connectivity index (χ2v) is 10.7. The van der Waals surface area contributed by atoms with Gasteiger partial charge in [0.1, 0.15) is 0 Å². The molecule has 8 heteroatoms. The highest BCUT2D eigenvalue weighted by atomic mass is 32.2. The summed E-state index contributed by atoms with van der Waals surface area (Å²) in [5.74, 6) is -0.847. The third kappa shape index (κ3) is 4.15. The monoisotopic (exact) mass is 466 g/mol. The Labute approximate surface area is 192 Å². The van der Waals surface area contributed by atoms with E-state index in [9.17, 15) is 18.0 Å². The minimum Gasteiger partial charge on any atom is -0.454 e. The summed E-state index contributed by atoms with van der Waals surface area (Å²) >= 11 is 0. The number of carbonyl (C=O) groups is 2.